The minimum Gasteiger partial charge on any atom is -0.486 e. The van der Waals surface area contributed by atoms with Crippen LogP contribution < -0.4 is 14.8 Å². The summed E-state index contributed by atoms with van der Waals surface area (Å²) in [6, 6.07) is 14.2. The average molecular weight is 352 g/mol. The smallest absolute Gasteiger partial charge is 0.251 e. The molecule has 2 aliphatic rings. The van der Waals surface area contributed by atoms with E-state index in [2.05, 4.69) is 41.4 Å². The van der Waals surface area contributed by atoms with Crippen molar-refractivity contribution in [1.82, 2.24) is 10.2 Å². The Balaban J connectivity index is 1.34. The fraction of sp³-hybridized carbons (Fsp3) is 0.381. The lowest BCUT2D eigenvalue weighted by Gasteiger charge is -2.33. The fourth-order valence-electron chi connectivity index (χ4n) is 3.55. The predicted octanol–water partition coefficient (Wildman–Crippen LogP) is 2.63. The zero-order valence-corrected chi connectivity index (χ0v) is 15.0. The van der Waals surface area contributed by atoms with Crippen LogP contribution in [-0.4, -0.2) is 43.2 Å². The fourth-order valence-corrected chi connectivity index (χ4v) is 3.55. The number of benzene rings is 2. The van der Waals surface area contributed by atoms with E-state index in [-0.39, 0.29) is 11.9 Å². The molecule has 0 spiro atoms. The van der Waals surface area contributed by atoms with Gasteiger partial charge in [-0.25, -0.2) is 0 Å². The van der Waals surface area contributed by atoms with Crippen LogP contribution in [-0.2, 0) is 13.0 Å². The molecule has 2 aliphatic heterocycles. The molecule has 136 valence electrons. The second-order valence-electron chi connectivity index (χ2n) is 6.91. The maximum atomic E-state index is 12.5. The van der Waals surface area contributed by atoms with E-state index in [0.29, 0.717) is 36.8 Å². The third kappa shape index (κ3) is 3.53. The Kier molecular flexibility index (Phi) is 4.80. The van der Waals surface area contributed by atoms with Gasteiger partial charge in [0.05, 0.1) is 0 Å². The van der Waals surface area contributed by atoms with E-state index in [1.807, 2.05) is 0 Å². The Morgan fingerprint density at radius 2 is 1.88 bits per heavy atom. The van der Waals surface area contributed by atoms with Crippen LogP contribution in [0.3, 0.4) is 0 Å². The van der Waals surface area contributed by atoms with E-state index in [9.17, 15) is 4.79 Å². The molecule has 0 saturated carbocycles. The molecule has 5 heteroatoms. The highest BCUT2D eigenvalue weighted by Crippen LogP contribution is 2.30. The van der Waals surface area contributed by atoms with Crippen molar-refractivity contribution in [1.29, 1.82) is 0 Å². The van der Waals surface area contributed by atoms with Gasteiger partial charge in [0, 0.05) is 31.2 Å². The van der Waals surface area contributed by atoms with Crippen molar-refractivity contribution in [2.24, 2.45) is 0 Å². The Morgan fingerprint density at radius 3 is 2.73 bits per heavy atom. The SMILES string of the molecule is CC(CNC(=O)c1ccc2c(c1)OCCO2)N1CCc2ccccc2C1. The summed E-state index contributed by atoms with van der Waals surface area (Å²) in [5, 5.41) is 3.05. The monoisotopic (exact) mass is 352 g/mol. The van der Waals surface area contributed by atoms with Gasteiger partial charge in [-0.15, -0.1) is 0 Å². The zero-order valence-electron chi connectivity index (χ0n) is 15.0. The molecule has 1 amide bonds. The first-order valence-electron chi connectivity index (χ1n) is 9.19. The molecule has 1 N–H and O–H groups in total. The molecular weight excluding hydrogens is 328 g/mol. The van der Waals surface area contributed by atoms with Crippen molar-refractivity contribution < 1.29 is 14.3 Å². The van der Waals surface area contributed by atoms with E-state index in [4.69, 9.17) is 9.47 Å². The van der Waals surface area contributed by atoms with E-state index in [0.717, 1.165) is 19.5 Å². The molecule has 1 unspecified atom stereocenters. The Labute approximate surface area is 153 Å². The standard InChI is InChI=1S/C21H24N2O3/c1-15(23-9-8-16-4-2-3-5-18(16)14-23)13-22-21(24)17-6-7-19-20(12-17)26-11-10-25-19/h2-7,12,15H,8-11,13-14H2,1H3,(H,22,24). The molecule has 2 aromatic carbocycles. The summed E-state index contributed by atoms with van der Waals surface area (Å²) >= 11 is 0. The van der Waals surface area contributed by atoms with E-state index >= 15 is 0 Å². The predicted molar refractivity (Wildman–Crippen MR) is 99.8 cm³/mol. The van der Waals surface area contributed by atoms with Gasteiger partial charge in [-0.1, -0.05) is 24.3 Å². The second kappa shape index (κ2) is 7.38. The number of hydrogen-bond donors (Lipinski definition) is 1. The first kappa shape index (κ1) is 16.9. The van der Waals surface area contributed by atoms with Gasteiger partial charge in [-0.3, -0.25) is 9.69 Å². The Morgan fingerprint density at radius 1 is 1.12 bits per heavy atom. The van der Waals surface area contributed by atoms with Gasteiger partial charge < -0.3 is 14.8 Å². The molecule has 4 rings (SSSR count). The number of hydrogen-bond acceptors (Lipinski definition) is 4. The first-order chi connectivity index (χ1) is 12.7. The van der Waals surface area contributed by atoms with Crippen molar-refractivity contribution in [3.8, 4) is 11.5 Å². The Hall–Kier alpha value is -2.53. The average Bonchev–Trinajstić information content (AvgIpc) is 2.71. The highest BCUT2D eigenvalue weighted by Gasteiger charge is 2.21. The third-order valence-electron chi connectivity index (χ3n) is 5.15. The number of rotatable bonds is 4. The van der Waals surface area contributed by atoms with Gasteiger partial charge in [0.1, 0.15) is 13.2 Å². The normalized spacial score (nSPS) is 17.3. The molecule has 5 nitrogen and oxygen atoms in total. The quantitative estimate of drug-likeness (QED) is 0.919. The molecule has 1 atom stereocenters. The van der Waals surface area contributed by atoms with Crippen LogP contribution in [0.4, 0.5) is 0 Å². The number of carbonyl (C=O) groups is 1. The number of fused-ring (bicyclic) bond motifs is 2. The van der Waals surface area contributed by atoms with Crippen LogP contribution in [0.15, 0.2) is 42.5 Å². The van der Waals surface area contributed by atoms with E-state index in [1.165, 1.54) is 11.1 Å². The van der Waals surface area contributed by atoms with Crippen molar-refractivity contribution in [2.45, 2.75) is 25.9 Å². The maximum Gasteiger partial charge on any atom is 0.251 e. The summed E-state index contributed by atoms with van der Waals surface area (Å²) in [4.78, 5) is 14.9. The second-order valence-corrected chi connectivity index (χ2v) is 6.91. The first-order valence-corrected chi connectivity index (χ1v) is 9.19. The summed E-state index contributed by atoms with van der Waals surface area (Å²) in [7, 11) is 0. The number of carbonyl (C=O) groups excluding carboxylic acids is 1. The zero-order chi connectivity index (χ0) is 17.9. The molecule has 0 fully saturated rings. The van der Waals surface area contributed by atoms with Crippen molar-refractivity contribution >= 4 is 5.91 Å². The minimum absolute atomic E-state index is 0.0776. The summed E-state index contributed by atoms with van der Waals surface area (Å²) < 4.78 is 11.1. The number of amides is 1. The van der Waals surface area contributed by atoms with E-state index in [1.54, 1.807) is 18.2 Å². The van der Waals surface area contributed by atoms with Crippen molar-refractivity contribution in [3.05, 3.63) is 59.2 Å². The molecule has 2 aromatic rings. The molecule has 0 radical (unpaired) electrons. The number of ether oxygens (including phenoxy) is 2. The lowest BCUT2D eigenvalue weighted by Crippen LogP contribution is -2.44. The topological polar surface area (TPSA) is 50.8 Å². The number of nitrogens with zero attached hydrogens (tertiary/aromatic N) is 1. The van der Waals surface area contributed by atoms with Crippen LogP contribution in [0.5, 0.6) is 11.5 Å². The highest BCUT2D eigenvalue weighted by atomic mass is 16.6. The van der Waals surface area contributed by atoms with Gasteiger partial charge >= 0.3 is 0 Å². The highest BCUT2D eigenvalue weighted by molar-refractivity contribution is 5.94. The van der Waals surface area contributed by atoms with Gasteiger partial charge in [-0.2, -0.15) is 0 Å². The van der Waals surface area contributed by atoms with Gasteiger partial charge in [0.2, 0.25) is 0 Å². The van der Waals surface area contributed by atoms with Crippen molar-refractivity contribution in [3.63, 3.8) is 0 Å². The Bertz CT molecular complexity index is 806. The van der Waals surface area contributed by atoms with Gasteiger partial charge in [0.15, 0.2) is 11.5 Å². The molecule has 0 aliphatic carbocycles. The molecular formula is C21H24N2O3. The number of nitrogens with one attached hydrogen (secondary N) is 1. The summed E-state index contributed by atoms with van der Waals surface area (Å²) in [5.74, 6) is 1.27. The lowest BCUT2D eigenvalue weighted by atomic mass is 9.99. The molecule has 0 saturated heterocycles. The third-order valence-corrected chi connectivity index (χ3v) is 5.15. The summed E-state index contributed by atoms with van der Waals surface area (Å²) in [6.45, 7) is 5.82. The van der Waals surface area contributed by atoms with Crippen molar-refractivity contribution in [2.75, 3.05) is 26.3 Å². The van der Waals surface area contributed by atoms with Crippen LogP contribution in [0.1, 0.15) is 28.4 Å². The van der Waals surface area contributed by atoms with Gasteiger partial charge in [-0.05, 0) is 42.7 Å². The van der Waals surface area contributed by atoms with Crippen LogP contribution in [0, 0.1) is 0 Å². The molecule has 2 heterocycles. The maximum absolute atomic E-state index is 12.5. The van der Waals surface area contributed by atoms with Crippen LogP contribution in [0.2, 0.25) is 0 Å². The molecule has 0 aromatic heterocycles. The summed E-state index contributed by atoms with van der Waals surface area (Å²) in [6.07, 6.45) is 1.07. The summed E-state index contributed by atoms with van der Waals surface area (Å²) in [5.41, 5.74) is 3.44. The largest absolute Gasteiger partial charge is 0.486 e. The molecule has 0 bridgehead atoms. The minimum atomic E-state index is -0.0776. The van der Waals surface area contributed by atoms with E-state index < -0.39 is 0 Å². The van der Waals surface area contributed by atoms with Gasteiger partial charge in [0.25, 0.3) is 5.91 Å². The molecule has 26 heavy (non-hydrogen) atoms. The lowest BCUT2D eigenvalue weighted by molar-refractivity contribution is 0.0931. The van der Waals surface area contributed by atoms with Crippen LogP contribution in [0.25, 0.3) is 0 Å². The van der Waals surface area contributed by atoms with Crippen LogP contribution >= 0.6 is 0 Å².